The summed E-state index contributed by atoms with van der Waals surface area (Å²) in [5.41, 5.74) is 1.98. The topological polar surface area (TPSA) is 88.9 Å². The second-order valence-corrected chi connectivity index (χ2v) is 10.2. The van der Waals surface area contributed by atoms with Gasteiger partial charge in [-0.3, -0.25) is 9.59 Å². The number of aromatic nitrogens is 3. The van der Waals surface area contributed by atoms with E-state index >= 15 is 0 Å². The largest absolute Gasteiger partial charge is 0.342 e. The van der Waals surface area contributed by atoms with Crippen molar-refractivity contribution in [2.45, 2.75) is 32.0 Å². The second-order valence-electron chi connectivity index (χ2n) is 8.02. The zero-order chi connectivity index (χ0) is 25.0. The molecular weight excluding hydrogens is 517 g/mol. The highest BCUT2D eigenvalue weighted by molar-refractivity contribution is 7.99. The Labute approximate surface area is 217 Å². The smallest absolute Gasteiger partial charge is 0.251 e. The molecule has 0 aliphatic rings. The maximum absolute atomic E-state index is 12.8. The zero-order valence-corrected chi connectivity index (χ0v) is 22.1. The first kappa shape index (κ1) is 26.3. The zero-order valence-electron chi connectivity index (χ0n) is 19.0. The average Bonchev–Trinajstić information content (AvgIpc) is 3.14. The second kappa shape index (κ2) is 11.4. The molecule has 0 radical (unpaired) electrons. The van der Waals surface area contributed by atoms with E-state index in [9.17, 15) is 9.59 Å². The van der Waals surface area contributed by atoms with Crippen LogP contribution >= 0.6 is 46.6 Å². The minimum atomic E-state index is -0.406. The van der Waals surface area contributed by atoms with E-state index < -0.39 is 6.04 Å². The van der Waals surface area contributed by atoms with Crippen molar-refractivity contribution in [3.63, 3.8) is 0 Å². The van der Waals surface area contributed by atoms with E-state index in [4.69, 9.17) is 34.8 Å². The Morgan fingerprint density at radius 3 is 2.47 bits per heavy atom. The third-order valence-electron chi connectivity index (χ3n) is 5.09. The average molecular weight is 541 g/mol. The summed E-state index contributed by atoms with van der Waals surface area (Å²) in [7, 11) is 1.80. The van der Waals surface area contributed by atoms with Crippen LogP contribution in [-0.2, 0) is 11.8 Å². The molecule has 1 heterocycles. The number of rotatable bonds is 8. The minimum absolute atomic E-state index is 0.0292. The fourth-order valence-electron chi connectivity index (χ4n) is 3.16. The molecule has 0 unspecified atom stereocenters. The van der Waals surface area contributed by atoms with Crippen molar-refractivity contribution in [3.05, 3.63) is 68.4 Å². The maximum Gasteiger partial charge on any atom is 0.251 e. The Morgan fingerprint density at radius 2 is 1.79 bits per heavy atom. The van der Waals surface area contributed by atoms with Crippen LogP contribution in [0.3, 0.4) is 0 Å². The highest BCUT2D eigenvalue weighted by atomic mass is 35.5. The molecule has 0 saturated heterocycles. The van der Waals surface area contributed by atoms with Gasteiger partial charge in [0.25, 0.3) is 5.91 Å². The third-order valence-corrected chi connectivity index (χ3v) is 7.08. The van der Waals surface area contributed by atoms with Gasteiger partial charge in [-0.25, -0.2) is 0 Å². The van der Waals surface area contributed by atoms with Gasteiger partial charge in [0.15, 0.2) is 11.0 Å². The molecule has 2 N–H and O–H groups in total. The van der Waals surface area contributed by atoms with Crippen molar-refractivity contribution in [1.82, 2.24) is 20.1 Å². The van der Waals surface area contributed by atoms with Gasteiger partial charge < -0.3 is 15.2 Å². The Morgan fingerprint density at radius 1 is 1.06 bits per heavy atom. The summed E-state index contributed by atoms with van der Waals surface area (Å²) < 4.78 is 1.78. The molecule has 0 aliphatic heterocycles. The van der Waals surface area contributed by atoms with E-state index in [-0.39, 0.29) is 23.5 Å². The van der Waals surface area contributed by atoms with Crippen LogP contribution in [-0.4, -0.2) is 32.3 Å². The number of nitrogens with zero attached hydrogens (tertiary/aromatic N) is 3. The van der Waals surface area contributed by atoms with Crippen molar-refractivity contribution in [2.75, 3.05) is 11.1 Å². The molecule has 0 fully saturated rings. The Kier molecular flexibility index (Phi) is 8.87. The van der Waals surface area contributed by atoms with E-state index in [0.29, 0.717) is 37.3 Å². The number of thioether (sulfide) groups is 1. The van der Waals surface area contributed by atoms with Crippen molar-refractivity contribution in [1.29, 1.82) is 0 Å². The van der Waals surface area contributed by atoms with Crippen LogP contribution in [0.15, 0.2) is 41.6 Å². The summed E-state index contributed by atoms with van der Waals surface area (Å²) in [4.78, 5) is 25.3. The Bertz CT molecular complexity index is 1220. The molecule has 11 heteroatoms. The van der Waals surface area contributed by atoms with Crippen molar-refractivity contribution in [2.24, 2.45) is 13.0 Å². The number of nitrogens with one attached hydrogen (secondary N) is 2. The first-order chi connectivity index (χ1) is 16.1. The molecule has 180 valence electrons. The summed E-state index contributed by atoms with van der Waals surface area (Å²) in [5.74, 6) is 0.262. The molecule has 0 bridgehead atoms. The van der Waals surface area contributed by atoms with Gasteiger partial charge in [0, 0.05) is 23.3 Å². The number of hydrogen-bond acceptors (Lipinski definition) is 5. The number of carbonyl (C=O) groups is 2. The monoisotopic (exact) mass is 539 g/mol. The molecule has 2 aromatic carbocycles. The SMILES string of the molecule is Cc1ccc(Cl)cc1NC(=O)CSc1nnc([C@H](NC(=O)c2ccc(Cl)c(Cl)c2)C(C)C)n1C. The van der Waals surface area contributed by atoms with Gasteiger partial charge in [-0.2, -0.15) is 0 Å². The molecule has 3 rings (SSSR count). The molecule has 0 spiro atoms. The number of halogens is 3. The van der Waals surface area contributed by atoms with E-state index in [2.05, 4.69) is 20.8 Å². The third kappa shape index (κ3) is 6.44. The number of benzene rings is 2. The highest BCUT2D eigenvalue weighted by Crippen LogP contribution is 2.27. The lowest BCUT2D eigenvalue weighted by atomic mass is 10.0. The van der Waals surface area contributed by atoms with Gasteiger partial charge in [0.1, 0.15) is 0 Å². The van der Waals surface area contributed by atoms with Gasteiger partial charge in [-0.15, -0.1) is 10.2 Å². The number of hydrogen-bond donors (Lipinski definition) is 2. The van der Waals surface area contributed by atoms with Gasteiger partial charge in [0.05, 0.1) is 21.8 Å². The predicted octanol–water partition coefficient (Wildman–Crippen LogP) is 5.94. The van der Waals surface area contributed by atoms with E-state index in [0.717, 1.165) is 5.56 Å². The normalized spacial score (nSPS) is 12.0. The van der Waals surface area contributed by atoms with Crippen LogP contribution in [0.5, 0.6) is 0 Å². The molecule has 34 heavy (non-hydrogen) atoms. The summed E-state index contributed by atoms with van der Waals surface area (Å²) >= 11 is 19.3. The Hall–Kier alpha value is -2.26. The standard InChI is InChI=1S/C23H24Cl3N5O2S/c1-12(2)20(28-22(33)14-6-8-16(25)17(26)9-14)21-29-30-23(31(21)4)34-11-19(32)27-18-10-15(24)7-5-13(18)3/h5-10,12,20H,11H2,1-4H3,(H,27,32)(H,28,33)/t20-/m1/s1. The van der Waals surface area contributed by atoms with Crippen molar-refractivity contribution < 1.29 is 9.59 Å². The van der Waals surface area contributed by atoms with Gasteiger partial charge in [0.2, 0.25) is 5.91 Å². The first-order valence-corrected chi connectivity index (χ1v) is 12.5. The van der Waals surface area contributed by atoms with E-state index in [1.807, 2.05) is 26.8 Å². The van der Waals surface area contributed by atoms with Crippen molar-refractivity contribution in [3.8, 4) is 0 Å². The highest BCUT2D eigenvalue weighted by Gasteiger charge is 2.25. The summed E-state index contributed by atoms with van der Waals surface area (Å²) in [6.45, 7) is 5.84. The van der Waals surface area contributed by atoms with E-state index in [1.165, 1.54) is 17.8 Å². The number of amides is 2. The maximum atomic E-state index is 12.8. The lowest BCUT2D eigenvalue weighted by Gasteiger charge is -2.22. The number of aryl methyl sites for hydroxylation is 1. The summed E-state index contributed by atoms with van der Waals surface area (Å²) in [6, 6.07) is 9.64. The molecule has 0 saturated carbocycles. The van der Waals surface area contributed by atoms with Crippen LogP contribution in [0, 0.1) is 12.8 Å². The minimum Gasteiger partial charge on any atom is -0.342 e. The van der Waals surface area contributed by atoms with Crippen LogP contribution in [0.2, 0.25) is 15.1 Å². The van der Waals surface area contributed by atoms with Gasteiger partial charge in [-0.05, 0) is 48.7 Å². The number of carbonyl (C=O) groups excluding carboxylic acids is 2. The van der Waals surface area contributed by atoms with Gasteiger partial charge in [-0.1, -0.05) is 66.5 Å². The molecule has 1 atom stereocenters. The van der Waals surface area contributed by atoms with Crippen molar-refractivity contribution >= 4 is 64.1 Å². The molecule has 2 amide bonds. The van der Waals surface area contributed by atoms with E-state index in [1.54, 1.807) is 35.9 Å². The van der Waals surface area contributed by atoms with Crippen LogP contribution in [0.1, 0.15) is 41.6 Å². The molecule has 3 aromatic rings. The summed E-state index contributed by atoms with van der Waals surface area (Å²) in [5, 5.41) is 16.2. The molecule has 0 aliphatic carbocycles. The lowest BCUT2D eigenvalue weighted by Crippen LogP contribution is -2.33. The summed E-state index contributed by atoms with van der Waals surface area (Å²) in [6.07, 6.45) is 0. The van der Waals surface area contributed by atoms with Crippen LogP contribution in [0.25, 0.3) is 0 Å². The quantitative estimate of drug-likeness (QED) is 0.345. The molecule has 1 aromatic heterocycles. The van der Waals surface area contributed by atoms with Crippen LogP contribution in [0.4, 0.5) is 5.69 Å². The van der Waals surface area contributed by atoms with Gasteiger partial charge >= 0.3 is 0 Å². The van der Waals surface area contributed by atoms with Crippen LogP contribution < -0.4 is 10.6 Å². The fraction of sp³-hybridized carbons (Fsp3) is 0.304. The molecule has 7 nitrogen and oxygen atoms in total. The number of anilines is 1. The first-order valence-electron chi connectivity index (χ1n) is 10.4. The predicted molar refractivity (Wildman–Crippen MR) is 138 cm³/mol. The molecular formula is C23H24Cl3N5O2S. The Balaban J connectivity index is 1.68. The lowest BCUT2D eigenvalue weighted by molar-refractivity contribution is -0.113. The fourth-order valence-corrected chi connectivity index (χ4v) is 4.35.